The number of fused-ring (bicyclic) bond motifs is 1. The zero-order chi connectivity index (χ0) is 28.3. The fourth-order valence-corrected chi connectivity index (χ4v) is 6.59. The summed E-state index contributed by atoms with van der Waals surface area (Å²) in [6, 6.07) is 16.1. The highest BCUT2D eigenvalue weighted by Crippen LogP contribution is 2.43. The quantitative estimate of drug-likeness (QED) is 0.168. The minimum absolute atomic E-state index is 0.305. The summed E-state index contributed by atoms with van der Waals surface area (Å²) in [7, 11) is 0. The molecule has 2 N–H and O–H groups in total. The van der Waals surface area contributed by atoms with Gasteiger partial charge in [0.05, 0.1) is 0 Å². The first-order valence-electron chi connectivity index (χ1n) is 11.8. The van der Waals surface area contributed by atoms with Gasteiger partial charge in [-0.25, -0.2) is 10.0 Å². The van der Waals surface area contributed by atoms with Gasteiger partial charge in [0.15, 0.2) is 11.6 Å². The van der Waals surface area contributed by atoms with E-state index in [0.29, 0.717) is 53.6 Å². The maximum absolute atomic E-state index is 12.7. The number of nitrogens with one attached hydrogen (secondary N) is 2. The Balaban J connectivity index is 1.30. The molecule has 3 heterocycles. The largest absolute Gasteiger partial charge is 0.277 e. The lowest BCUT2D eigenvalue weighted by Gasteiger charge is -2.45. The monoisotopic (exact) mass is 654 g/mol. The zero-order valence-corrected chi connectivity index (χ0v) is 24.5. The number of anilines is 2. The van der Waals surface area contributed by atoms with Crippen molar-refractivity contribution in [2.45, 2.75) is 22.8 Å². The molecule has 14 heteroatoms. The summed E-state index contributed by atoms with van der Waals surface area (Å²) < 4.78 is 0. The molecule has 204 valence electrons. The van der Waals surface area contributed by atoms with Crippen LogP contribution in [0.15, 0.2) is 60.7 Å². The van der Waals surface area contributed by atoms with Gasteiger partial charge in [-0.2, -0.15) is 0 Å². The molecule has 0 saturated carbocycles. The Bertz CT molecular complexity index is 1530. The van der Waals surface area contributed by atoms with Crippen LogP contribution < -0.4 is 10.9 Å². The minimum Gasteiger partial charge on any atom is -0.277 e. The molecule has 2 fully saturated rings. The molecule has 1 aromatic heterocycles. The van der Waals surface area contributed by atoms with Crippen LogP contribution in [-0.2, 0) is 9.59 Å². The summed E-state index contributed by atoms with van der Waals surface area (Å²) >= 11 is 37.4. The SMILES string of the molecule is O=C1C(Cl)C(c2cc(Cl)cc(Cl)c2)N1Nc1nnc(NN2C(=O)C(Cl)C2c2cc(Cl)cc(Cl)c2)c2ccccc12. The number of carbonyl (C=O) groups excluding carboxylic acids is 2. The number of benzene rings is 3. The third-order valence-electron chi connectivity index (χ3n) is 6.65. The molecular weight excluding hydrogens is 641 g/mol. The molecule has 8 nitrogen and oxygen atoms in total. The van der Waals surface area contributed by atoms with Crippen molar-refractivity contribution in [1.82, 2.24) is 20.2 Å². The highest BCUT2D eigenvalue weighted by Gasteiger charge is 2.49. The van der Waals surface area contributed by atoms with E-state index in [-0.39, 0.29) is 11.8 Å². The number of hydrogen-bond donors (Lipinski definition) is 2. The van der Waals surface area contributed by atoms with Gasteiger partial charge in [0.2, 0.25) is 0 Å². The van der Waals surface area contributed by atoms with Gasteiger partial charge in [-0.1, -0.05) is 70.7 Å². The van der Waals surface area contributed by atoms with Crippen LogP contribution >= 0.6 is 69.6 Å². The molecule has 2 saturated heterocycles. The number of nitrogens with zero attached hydrogens (tertiary/aromatic N) is 4. The first-order valence-corrected chi connectivity index (χ1v) is 14.2. The first-order chi connectivity index (χ1) is 19.1. The molecule has 4 atom stereocenters. The average molecular weight is 657 g/mol. The van der Waals surface area contributed by atoms with Gasteiger partial charge < -0.3 is 0 Å². The summed E-state index contributed by atoms with van der Waals surface area (Å²) in [5, 5.41) is 12.6. The van der Waals surface area contributed by atoms with Gasteiger partial charge in [0.25, 0.3) is 11.8 Å². The molecule has 4 unspecified atom stereocenters. The molecule has 3 aromatic carbocycles. The topological polar surface area (TPSA) is 90.5 Å². The van der Waals surface area contributed by atoms with Crippen molar-refractivity contribution in [3.8, 4) is 0 Å². The fourth-order valence-electron chi connectivity index (χ4n) is 4.78. The van der Waals surface area contributed by atoms with Crippen molar-refractivity contribution >= 4 is 104 Å². The second kappa shape index (κ2) is 10.6. The third kappa shape index (κ3) is 4.76. The maximum Gasteiger partial charge on any atom is 0.262 e. The normalized spacial score (nSPS) is 22.2. The summed E-state index contributed by atoms with van der Waals surface area (Å²) in [5.74, 6) is -0.0876. The van der Waals surface area contributed by atoms with Gasteiger partial charge >= 0.3 is 0 Å². The molecule has 0 spiro atoms. The van der Waals surface area contributed by atoms with Crippen LogP contribution in [-0.4, -0.2) is 42.8 Å². The van der Waals surface area contributed by atoms with E-state index in [1.807, 2.05) is 24.3 Å². The van der Waals surface area contributed by atoms with E-state index in [1.54, 1.807) is 36.4 Å². The van der Waals surface area contributed by atoms with E-state index in [9.17, 15) is 9.59 Å². The summed E-state index contributed by atoms with van der Waals surface area (Å²) in [5.41, 5.74) is 7.41. The van der Waals surface area contributed by atoms with Crippen LogP contribution in [0.1, 0.15) is 23.2 Å². The third-order valence-corrected chi connectivity index (χ3v) is 8.37. The van der Waals surface area contributed by atoms with E-state index < -0.39 is 22.8 Å². The van der Waals surface area contributed by atoms with Crippen molar-refractivity contribution in [2.24, 2.45) is 0 Å². The van der Waals surface area contributed by atoms with Crippen LogP contribution in [0.3, 0.4) is 0 Å². The smallest absolute Gasteiger partial charge is 0.262 e. The number of β-lactam (4-membered cyclic amide) rings is 2. The van der Waals surface area contributed by atoms with Crippen LogP contribution in [0.5, 0.6) is 0 Å². The van der Waals surface area contributed by atoms with Crippen molar-refractivity contribution < 1.29 is 9.59 Å². The number of hydrazine groups is 2. The number of hydrogen-bond acceptors (Lipinski definition) is 6. The Labute approximate surface area is 258 Å². The van der Waals surface area contributed by atoms with Crippen LogP contribution in [0.25, 0.3) is 10.8 Å². The lowest BCUT2D eigenvalue weighted by atomic mass is 9.95. The molecule has 0 bridgehead atoms. The lowest BCUT2D eigenvalue weighted by molar-refractivity contribution is -0.143. The van der Waals surface area contributed by atoms with E-state index in [2.05, 4.69) is 21.0 Å². The Kier molecular flexibility index (Phi) is 7.27. The molecule has 2 amide bonds. The molecular formula is C26H16Cl6N6O2. The lowest BCUT2D eigenvalue weighted by Crippen LogP contribution is -2.59. The molecule has 0 radical (unpaired) electrons. The van der Waals surface area contributed by atoms with Crippen molar-refractivity contribution in [3.05, 3.63) is 91.9 Å². The highest BCUT2D eigenvalue weighted by molar-refractivity contribution is 6.36. The number of amides is 2. The predicted octanol–water partition coefficient (Wildman–Crippen LogP) is 7.28. The molecule has 40 heavy (non-hydrogen) atoms. The van der Waals surface area contributed by atoms with Gasteiger partial charge in [-0.15, -0.1) is 33.4 Å². The molecule has 2 aliphatic rings. The van der Waals surface area contributed by atoms with Crippen LogP contribution in [0, 0.1) is 0 Å². The van der Waals surface area contributed by atoms with Crippen LogP contribution in [0.4, 0.5) is 11.6 Å². The summed E-state index contributed by atoms with van der Waals surface area (Å²) in [6.07, 6.45) is 0. The van der Waals surface area contributed by atoms with Gasteiger partial charge in [-0.05, 0) is 47.5 Å². The number of alkyl halides is 2. The van der Waals surface area contributed by atoms with Crippen LogP contribution in [0.2, 0.25) is 20.1 Å². The average Bonchev–Trinajstić information content (AvgIpc) is 2.91. The van der Waals surface area contributed by atoms with E-state index in [0.717, 1.165) is 0 Å². The molecule has 2 aliphatic heterocycles. The second-order valence-electron chi connectivity index (χ2n) is 9.18. The van der Waals surface area contributed by atoms with Crippen molar-refractivity contribution in [3.63, 3.8) is 0 Å². The number of carbonyl (C=O) groups is 2. The zero-order valence-electron chi connectivity index (χ0n) is 20.0. The Morgan fingerprint density at radius 3 is 1.30 bits per heavy atom. The van der Waals surface area contributed by atoms with Gasteiger partial charge in [0, 0.05) is 30.9 Å². The Morgan fingerprint density at radius 2 is 0.950 bits per heavy atom. The Hall–Kier alpha value is -2.72. The predicted molar refractivity (Wildman–Crippen MR) is 158 cm³/mol. The second-order valence-corrected chi connectivity index (χ2v) is 11.9. The highest BCUT2D eigenvalue weighted by atomic mass is 35.5. The van der Waals surface area contributed by atoms with Gasteiger partial charge in [-0.3, -0.25) is 20.4 Å². The summed E-state index contributed by atoms with van der Waals surface area (Å²) in [4.78, 5) is 25.5. The fraction of sp³-hybridized carbons (Fsp3) is 0.154. The summed E-state index contributed by atoms with van der Waals surface area (Å²) in [6.45, 7) is 0. The Morgan fingerprint density at radius 1 is 0.600 bits per heavy atom. The van der Waals surface area contributed by atoms with Crippen molar-refractivity contribution in [1.29, 1.82) is 0 Å². The van der Waals surface area contributed by atoms with E-state index >= 15 is 0 Å². The van der Waals surface area contributed by atoms with E-state index in [1.165, 1.54) is 10.0 Å². The van der Waals surface area contributed by atoms with Crippen molar-refractivity contribution in [2.75, 3.05) is 10.9 Å². The minimum atomic E-state index is -0.819. The molecule has 0 aliphatic carbocycles. The van der Waals surface area contributed by atoms with Gasteiger partial charge in [0.1, 0.15) is 22.8 Å². The number of halogens is 6. The first kappa shape index (κ1) is 27.4. The maximum atomic E-state index is 12.7. The standard InChI is InChI=1S/C26H16Cl6N6O2/c27-13-5-11(6-14(28)9-13)21-19(31)25(39)37(21)35-23-17-3-1-2-4-18(17)24(34-33-23)36-38-22(20(32)26(38)40)12-7-15(29)10-16(30)8-12/h1-10,19-22H,(H,33,35)(H,34,36). The molecule has 6 rings (SSSR count). The molecule has 4 aromatic rings. The van der Waals surface area contributed by atoms with E-state index in [4.69, 9.17) is 69.6 Å². The number of rotatable bonds is 6. The number of aromatic nitrogens is 2.